The maximum atomic E-state index is 3.98. The molecule has 0 saturated heterocycles. The van der Waals surface area contributed by atoms with E-state index in [2.05, 4.69) is 68.9 Å². The molecule has 2 N–H and O–H groups in total. The van der Waals surface area contributed by atoms with E-state index in [1.54, 1.807) is 0 Å². The average Bonchev–Trinajstić information content (AvgIpc) is 2.92. The molecule has 2 unspecified atom stereocenters. The van der Waals surface area contributed by atoms with E-state index in [1.807, 2.05) is 0 Å². The molecule has 0 rings (SSSR count). The maximum Gasteiger partial charge on any atom is 0.0571 e. The molecule has 0 heterocycles. The zero-order valence-electron chi connectivity index (χ0n) is 26.9. The number of unbranched alkanes of at least 4 members (excludes halogenated alkanes) is 5. The first-order valence-electron chi connectivity index (χ1n) is 17.0. The first-order chi connectivity index (χ1) is 18.1. The highest BCUT2D eigenvalue weighted by Crippen LogP contribution is 2.13. The minimum Gasteiger partial charge on any atom is -0.303 e. The summed E-state index contributed by atoms with van der Waals surface area (Å²) in [4.78, 5) is 5.47. The summed E-state index contributed by atoms with van der Waals surface area (Å²) in [7, 11) is 0. The van der Waals surface area contributed by atoms with Crippen LogP contribution < -0.4 is 10.6 Å². The van der Waals surface area contributed by atoms with Crippen molar-refractivity contribution in [2.45, 2.75) is 151 Å². The summed E-state index contributed by atoms with van der Waals surface area (Å²) in [5.74, 6) is 1.56. The van der Waals surface area contributed by atoms with Crippen LogP contribution in [0.4, 0.5) is 0 Å². The molecule has 0 amide bonds. The van der Waals surface area contributed by atoms with Crippen molar-refractivity contribution in [1.82, 2.24) is 20.4 Å². The van der Waals surface area contributed by atoms with Gasteiger partial charge in [0.1, 0.15) is 0 Å². The lowest BCUT2D eigenvalue weighted by molar-refractivity contribution is 0.229. The van der Waals surface area contributed by atoms with Gasteiger partial charge in [-0.25, -0.2) is 0 Å². The quantitative estimate of drug-likeness (QED) is 0.0757. The predicted molar refractivity (Wildman–Crippen MR) is 169 cm³/mol. The molecule has 0 aromatic carbocycles. The molecule has 2 atom stereocenters. The van der Waals surface area contributed by atoms with E-state index in [9.17, 15) is 0 Å². The third-order valence-electron chi connectivity index (χ3n) is 8.33. The van der Waals surface area contributed by atoms with Gasteiger partial charge in [0.15, 0.2) is 0 Å². The minimum atomic E-state index is 0.468. The van der Waals surface area contributed by atoms with Gasteiger partial charge in [0.2, 0.25) is 0 Å². The summed E-state index contributed by atoms with van der Waals surface area (Å²) in [5, 5.41) is 7.95. The molecule has 0 aromatic rings. The Morgan fingerprint density at radius 1 is 0.432 bits per heavy atom. The van der Waals surface area contributed by atoms with Crippen molar-refractivity contribution in [3.05, 3.63) is 0 Å². The summed E-state index contributed by atoms with van der Waals surface area (Å²) < 4.78 is 0. The van der Waals surface area contributed by atoms with E-state index in [-0.39, 0.29) is 0 Å². The highest BCUT2D eigenvalue weighted by atomic mass is 15.9. The van der Waals surface area contributed by atoms with Gasteiger partial charge in [0.25, 0.3) is 0 Å². The second kappa shape index (κ2) is 27.4. The molecule has 0 aliphatic carbocycles. The molecule has 4 heteroatoms. The van der Waals surface area contributed by atoms with Crippen LogP contribution in [0.1, 0.15) is 145 Å². The zero-order valence-corrected chi connectivity index (χ0v) is 26.9. The topological polar surface area (TPSA) is 30.5 Å². The third kappa shape index (κ3) is 21.4. The van der Waals surface area contributed by atoms with Crippen LogP contribution in [0.3, 0.4) is 0 Å². The Hall–Kier alpha value is -0.160. The summed E-state index contributed by atoms with van der Waals surface area (Å²) in [6.45, 7) is 26.4. The predicted octanol–water partition coefficient (Wildman–Crippen LogP) is 8.32. The van der Waals surface area contributed by atoms with Gasteiger partial charge in [0, 0.05) is 0 Å². The Labute approximate surface area is 235 Å². The highest BCUT2D eigenvalue weighted by molar-refractivity contribution is 4.73. The van der Waals surface area contributed by atoms with Crippen LogP contribution in [-0.4, -0.2) is 68.3 Å². The van der Waals surface area contributed by atoms with Crippen molar-refractivity contribution in [2.24, 2.45) is 11.8 Å². The molecule has 0 spiro atoms. The Morgan fingerprint density at radius 2 is 0.784 bits per heavy atom. The van der Waals surface area contributed by atoms with Crippen molar-refractivity contribution < 1.29 is 0 Å². The molecule has 4 nitrogen and oxygen atoms in total. The van der Waals surface area contributed by atoms with Crippen LogP contribution in [0.2, 0.25) is 0 Å². The Balaban J connectivity index is 4.69. The lowest BCUT2D eigenvalue weighted by atomic mass is 10.0. The number of nitrogens with zero attached hydrogens (tertiary/aromatic N) is 2. The fourth-order valence-electron chi connectivity index (χ4n) is 5.13. The fraction of sp³-hybridized carbons (Fsp3) is 1.00. The fourth-order valence-corrected chi connectivity index (χ4v) is 5.13. The number of rotatable bonds is 29. The Kier molecular flexibility index (Phi) is 27.3. The summed E-state index contributed by atoms with van der Waals surface area (Å²) in [6.07, 6.45) is 20.1. The van der Waals surface area contributed by atoms with Gasteiger partial charge in [-0.15, -0.1) is 0 Å². The van der Waals surface area contributed by atoms with Crippen molar-refractivity contribution >= 4 is 0 Å². The van der Waals surface area contributed by atoms with Gasteiger partial charge in [-0.2, -0.15) is 0 Å². The van der Waals surface area contributed by atoms with Gasteiger partial charge in [-0.1, -0.05) is 99.8 Å². The normalized spacial score (nSPS) is 14.5. The van der Waals surface area contributed by atoms with Crippen LogP contribution >= 0.6 is 0 Å². The lowest BCUT2D eigenvalue weighted by Gasteiger charge is -2.28. The summed E-state index contributed by atoms with van der Waals surface area (Å²) >= 11 is 0. The molecule has 0 fully saturated rings. The Morgan fingerprint density at radius 3 is 1.08 bits per heavy atom. The first-order valence-corrected chi connectivity index (χ1v) is 17.0. The van der Waals surface area contributed by atoms with Gasteiger partial charge >= 0.3 is 0 Å². The van der Waals surface area contributed by atoms with Crippen LogP contribution in [0.15, 0.2) is 0 Å². The van der Waals surface area contributed by atoms with Crippen molar-refractivity contribution in [3.8, 4) is 0 Å². The standard InChI is InChI=1S/C33H72N4/c1-8-15-20-33(34-29-31(13-6)21-27-36(23-16-9-2)24-17-10-3)35-30-32(14-7)22-28-37(25-18-11-4)26-19-12-5/h31-35H,8-30H2,1-7H3/i36+1,37+1. The lowest BCUT2D eigenvalue weighted by Crippen LogP contribution is -2.46. The maximum absolute atomic E-state index is 3.98. The highest BCUT2D eigenvalue weighted by Gasteiger charge is 2.16. The van der Waals surface area contributed by atoms with Crippen LogP contribution in [0.5, 0.6) is 0 Å². The molecular formula is C33H72N4. The largest absolute Gasteiger partial charge is 0.303 e. The van der Waals surface area contributed by atoms with Crippen LogP contribution in [-0.2, 0) is 0 Å². The van der Waals surface area contributed by atoms with Gasteiger partial charge in [0.05, 0.1) is 6.17 Å². The van der Waals surface area contributed by atoms with Crippen molar-refractivity contribution in [1.29, 1.82) is 0 Å². The van der Waals surface area contributed by atoms with E-state index in [0.29, 0.717) is 6.17 Å². The molecule has 224 valence electrons. The minimum absolute atomic E-state index is 0.468. The second-order valence-electron chi connectivity index (χ2n) is 11.7. The van der Waals surface area contributed by atoms with Gasteiger partial charge in [-0.05, 0) is 109 Å². The monoisotopic (exact) mass is 527 g/mol. The second-order valence-corrected chi connectivity index (χ2v) is 11.7. The number of hydrogen-bond donors (Lipinski definition) is 2. The van der Waals surface area contributed by atoms with Crippen molar-refractivity contribution in [3.63, 3.8) is 0 Å². The molecule has 0 radical (unpaired) electrons. The molecule has 0 saturated carbocycles. The van der Waals surface area contributed by atoms with E-state index < -0.39 is 0 Å². The average molecular weight is 527 g/mol. The van der Waals surface area contributed by atoms with E-state index in [0.717, 1.165) is 24.9 Å². The molecule has 0 aliphatic heterocycles. The van der Waals surface area contributed by atoms with Gasteiger partial charge in [-0.3, -0.25) is 0 Å². The molecule has 37 heavy (non-hydrogen) atoms. The van der Waals surface area contributed by atoms with E-state index in [4.69, 9.17) is 0 Å². The number of nitrogens with one attached hydrogen (secondary N) is 2. The molecule has 0 bridgehead atoms. The zero-order chi connectivity index (χ0) is 27.6. The smallest absolute Gasteiger partial charge is 0.0571 e. The van der Waals surface area contributed by atoms with E-state index >= 15 is 0 Å². The molecule has 0 aliphatic rings. The van der Waals surface area contributed by atoms with Crippen LogP contribution in [0.25, 0.3) is 0 Å². The first kappa shape index (κ1) is 36.8. The third-order valence-corrected chi connectivity index (χ3v) is 8.33. The number of hydrogen-bond acceptors (Lipinski definition) is 4. The van der Waals surface area contributed by atoms with Gasteiger partial charge < -0.3 is 20.4 Å². The van der Waals surface area contributed by atoms with Crippen LogP contribution in [0, 0.1) is 11.8 Å². The van der Waals surface area contributed by atoms with E-state index in [1.165, 1.54) is 136 Å². The molecular weight excluding hydrogens is 454 g/mol. The SMILES string of the molecule is CCCCC(NCC(CC)CC[15N](CCCC)CCCC)NCC(CC)CC[15N](CCCC)CCCC. The molecule has 0 aromatic heterocycles. The Bertz CT molecular complexity index is 392. The summed E-state index contributed by atoms with van der Waals surface area (Å²) in [5.41, 5.74) is 0. The summed E-state index contributed by atoms with van der Waals surface area (Å²) in [6, 6.07) is 0. The van der Waals surface area contributed by atoms with Crippen molar-refractivity contribution in [2.75, 3.05) is 52.4 Å².